The van der Waals surface area contributed by atoms with Crippen LogP contribution in [-0.4, -0.2) is 29.1 Å². The number of piperidine rings is 1. The zero-order valence-electron chi connectivity index (χ0n) is 14.7. The average Bonchev–Trinajstić information content (AvgIpc) is 2.64. The van der Waals surface area contributed by atoms with Gasteiger partial charge >= 0.3 is 0 Å². The molecule has 1 heterocycles. The summed E-state index contributed by atoms with van der Waals surface area (Å²) in [5.41, 5.74) is 0.456. The van der Waals surface area contributed by atoms with Crippen molar-refractivity contribution < 1.29 is 5.11 Å². The van der Waals surface area contributed by atoms with Crippen LogP contribution in [0.3, 0.4) is 0 Å². The van der Waals surface area contributed by atoms with E-state index in [0.29, 0.717) is 5.92 Å². The maximum Gasteiger partial charge on any atom is 0.108 e. The van der Waals surface area contributed by atoms with Crippen molar-refractivity contribution in [2.75, 3.05) is 13.1 Å². The first-order valence-corrected chi connectivity index (χ1v) is 9.78. The van der Waals surface area contributed by atoms with E-state index in [4.69, 9.17) is 0 Å². The van der Waals surface area contributed by atoms with Crippen LogP contribution in [0.5, 0.6) is 0 Å². The molecule has 2 atom stereocenters. The highest BCUT2D eigenvalue weighted by molar-refractivity contribution is 5.26. The molecule has 1 aromatic rings. The van der Waals surface area contributed by atoms with Gasteiger partial charge in [-0.05, 0) is 56.7 Å². The molecule has 2 fully saturated rings. The number of hydrogen-bond donors (Lipinski definition) is 1. The number of likely N-dealkylation sites (tertiary alicyclic amines) is 1. The van der Waals surface area contributed by atoms with E-state index in [1.807, 2.05) is 0 Å². The van der Waals surface area contributed by atoms with Crippen molar-refractivity contribution in [1.29, 1.82) is 0 Å². The molecule has 1 aliphatic carbocycles. The minimum Gasteiger partial charge on any atom is -0.383 e. The minimum absolute atomic E-state index is 0.258. The van der Waals surface area contributed by atoms with Gasteiger partial charge in [0.25, 0.3) is 0 Å². The summed E-state index contributed by atoms with van der Waals surface area (Å²) in [6, 6.07) is 10.8. The fourth-order valence-electron chi connectivity index (χ4n) is 5.03. The van der Waals surface area contributed by atoms with Crippen LogP contribution in [0.4, 0.5) is 0 Å². The predicted molar refractivity (Wildman–Crippen MR) is 96.4 cm³/mol. The summed E-state index contributed by atoms with van der Waals surface area (Å²) in [6.07, 6.45) is 11.2. The Labute approximate surface area is 141 Å². The van der Waals surface area contributed by atoms with E-state index in [1.54, 1.807) is 0 Å². The van der Waals surface area contributed by atoms with Crippen LogP contribution in [0, 0.1) is 5.92 Å². The number of nitrogens with zero attached hydrogens (tertiary/aromatic N) is 1. The summed E-state index contributed by atoms with van der Waals surface area (Å²) in [5, 5.41) is 12.1. The number of rotatable bonds is 5. The first-order chi connectivity index (χ1) is 11.3. The van der Waals surface area contributed by atoms with Crippen molar-refractivity contribution in [2.45, 2.75) is 76.4 Å². The fourth-order valence-corrected chi connectivity index (χ4v) is 5.03. The minimum atomic E-state index is -0.687. The highest BCUT2D eigenvalue weighted by Crippen LogP contribution is 2.44. The molecular formula is C21H33NO. The van der Waals surface area contributed by atoms with E-state index >= 15 is 0 Å². The summed E-state index contributed by atoms with van der Waals surface area (Å²) >= 11 is 0. The summed E-state index contributed by atoms with van der Waals surface area (Å²) < 4.78 is 0. The largest absolute Gasteiger partial charge is 0.383 e. The summed E-state index contributed by atoms with van der Waals surface area (Å²) in [4.78, 5) is 2.59. The van der Waals surface area contributed by atoms with Crippen molar-refractivity contribution >= 4 is 0 Å². The van der Waals surface area contributed by atoms with Crippen molar-refractivity contribution in [3.63, 3.8) is 0 Å². The van der Waals surface area contributed by atoms with Gasteiger partial charge in [0.15, 0.2) is 0 Å². The lowest BCUT2D eigenvalue weighted by Gasteiger charge is -2.49. The molecule has 0 amide bonds. The Morgan fingerprint density at radius 3 is 2.22 bits per heavy atom. The molecule has 3 rings (SSSR count). The number of aliphatic hydroxyl groups is 1. The lowest BCUT2D eigenvalue weighted by atomic mass is 9.68. The van der Waals surface area contributed by atoms with E-state index in [2.05, 4.69) is 42.2 Å². The van der Waals surface area contributed by atoms with Gasteiger partial charge in [0.1, 0.15) is 5.60 Å². The Morgan fingerprint density at radius 2 is 1.61 bits per heavy atom. The molecule has 128 valence electrons. The molecule has 2 aliphatic rings. The van der Waals surface area contributed by atoms with Crippen LogP contribution >= 0.6 is 0 Å². The molecule has 23 heavy (non-hydrogen) atoms. The topological polar surface area (TPSA) is 23.5 Å². The van der Waals surface area contributed by atoms with Crippen molar-refractivity contribution in [2.24, 2.45) is 5.92 Å². The molecule has 0 aromatic heterocycles. The molecule has 1 N–H and O–H groups in total. The van der Waals surface area contributed by atoms with E-state index in [-0.39, 0.29) is 6.04 Å². The molecule has 1 aliphatic heterocycles. The molecule has 2 unspecified atom stereocenters. The van der Waals surface area contributed by atoms with E-state index in [9.17, 15) is 5.11 Å². The molecule has 1 saturated carbocycles. The fraction of sp³-hybridized carbons (Fsp3) is 0.714. The van der Waals surface area contributed by atoms with Crippen LogP contribution in [0.25, 0.3) is 0 Å². The average molecular weight is 316 g/mol. The Balaban J connectivity index is 1.95. The Bertz CT molecular complexity index is 462. The molecule has 0 bridgehead atoms. The van der Waals surface area contributed by atoms with Crippen molar-refractivity contribution in [3.8, 4) is 0 Å². The molecular weight excluding hydrogens is 282 g/mol. The van der Waals surface area contributed by atoms with Gasteiger partial charge < -0.3 is 5.11 Å². The van der Waals surface area contributed by atoms with Gasteiger partial charge in [-0.3, -0.25) is 4.90 Å². The lowest BCUT2D eigenvalue weighted by Crippen LogP contribution is -2.56. The van der Waals surface area contributed by atoms with Gasteiger partial charge in [0.2, 0.25) is 0 Å². The third-order valence-corrected chi connectivity index (χ3v) is 6.19. The van der Waals surface area contributed by atoms with Crippen LogP contribution in [0.2, 0.25) is 0 Å². The number of benzene rings is 1. The summed E-state index contributed by atoms with van der Waals surface area (Å²) in [6.45, 7) is 4.57. The lowest BCUT2D eigenvalue weighted by molar-refractivity contribution is -0.111. The second kappa shape index (κ2) is 7.81. The highest BCUT2D eigenvalue weighted by atomic mass is 16.3. The Morgan fingerprint density at radius 1 is 1.00 bits per heavy atom. The molecule has 1 aromatic carbocycles. The molecule has 1 saturated heterocycles. The van der Waals surface area contributed by atoms with Crippen molar-refractivity contribution in [1.82, 2.24) is 4.90 Å². The summed E-state index contributed by atoms with van der Waals surface area (Å²) in [7, 11) is 0. The molecule has 0 radical (unpaired) electrons. The van der Waals surface area contributed by atoms with Gasteiger partial charge in [-0.1, -0.05) is 62.9 Å². The SMILES string of the molecule is CCC(N1CCCCC1)C(O)(c1ccccc1)C1CCCCC1. The first-order valence-electron chi connectivity index (χ1n) is 9.78. The third-order valence-electron chi connectivity index (χ3n) is 6.19. The Kier molecular flexibility index (Phi) is 5.76. The van der Waals surface area contributed by atoms with Crippen LogP contribution in [0.1, 0.15) is 70.3 Å². The van der Waals surface area contributed by atoms with Gasteiger partial charge in [0.05, 0.1) is 0 Å². The maximum atomic E-state index is 12.1. The van der Waals surface area contributed by atoms with Crippen LogP contribution in [-0.2, 0) is 5.60 Å². The van der Waals surface area contributed by atoms with Gasteiger partial charge in [0, 0.05) is 6.04 Å². The van der Waals surface area contributed by atoms with Crippen LogP contribution in [0.15, 0.2) is 30.3 Å². The van der Waals surface area contributed by atoms with E-state index in [1.165, 1.54) is 51.4 Å². The number of hydrogen-bond acceptors (Lipinski definition) is 2. The normalized spacial score (nSPS) is 25.0. The van der Waals surface area contributed by atoms with Crippen LogP contribution < -0.4 is 0 Å². The standard InChI is InChI=1S/C21H33NO/c1-2-20(22-16-10-5-11-17-22)21(23,18-12-6-3-7-13-18)19-14-8-4-9-15-19/h3,6-7,12-13,19-20,23H,2,4-5,8-11,14-17H2,1H3. The zero-order valence-corrected chi connectivity index (χ0v) is 14.7. The highest BCUT2D eigenvalue weighted by Gasteiger charge is 2.46. The zero-order chi connectivity index (χ0) is 16.1. The molecule has 2 nitrogen and oxygen atoms in total. The molecule has 0 spiro atoms. The van der Waals surface area contributed by atoms with E-state index < -0.39 is 5.60 Å². The third kappa shape index (κ3) is 3.49. The predicted octanol–water partition coefficient (Wildman–Crippen LogP) is 4.72. The van der Waals surface area contributed by atoms with Gasteiger partial charge in [-0.25, -0.2) is 0 Å². The second-order valence-corrected chi connectivity index (χ2v) is 7.55. The van der Waals surface area contributed by atoms with Gasteiger partial charge in [-0.2, -0.15) is 0 Å². The van der Waals surface area contributed by atoms with E-state index in [0.717, 1.165) is 25.1 Å². The second-order valence-electron chi connectivity index (χ2n) is 7.55. The molecule has 2 heteroatoms. The Hall–Kier alpha value is -0.860. The first kappa shape index (κ1) is 17.0. The monoisotopic (exact) mass is 315 g/mol. The quantitative estimate of drug-likeness (QED) is 0.850. The maximum absolute atomic E-state index is 12.1. The summed E-state index contributed by atoms with van der Waals surface area (Å²) in [5.74, 6) is 0.408. The smallest absolute Gasteiger partial charge is 0.108 e. The van der Waals surface area contributed by atoms with Crippen molar-refractivity contribution in [3.05, 3.63) is 35.9 Å². The van der Waals surface area contributed by atoms with Gasteiger partial charge in [-0.15, -0.1) is 0 Å².